The van der Waals surface area contributed by atoms with Crippen LogP contribution in [0.1, 0.15) is 31.2 Å². The lowest BCUT2D eigenvalue weighted by Gasteiger charge is -2.30. The third-order valence-corrected chi connectivity index (χ3v) is 4.02. The Balaban J connectivity index is 1.65. The number of carbonyl (C=O) groups is 1. The summed E-state index contributed by atoms with van der Waals surface area (Å²) in [4.78, 5) is 12.7. The van der Waals surface area contributed by atoms with Gasteiger partial charge in [0.15, 0.2) is 0 Å². The van der Waals surface area contributed by atoms with Crippen LogP contribution in [-0.2, 0) is 6.42 Å². The Morgan fingerprint density at radius 2 is 1.89 bits per heavy atom. The number of likely N-dealkylation sites (tertiary alicyclic amines) is 1. The normalized spacial score (nSPS) is 16.8. The van der Waals surface area contributed by atoms with Gasteiger partial charge in [-0.05, 0) is 55.2 Å². The highest BCUT2D eigenvalue weighted by atomic mass is 35.5. The lowest BCUT2D eigenvalue weighted by Crippen LogP contribution is -2.35. The first-order chi connectivity index (χ1) is 8.75. The number of aryl methyl sites for hydroxylation is 1. The molecule has 1 amide bonds. The summed E-state index contributed by atoms with van der Waals surface area (Å²) in [6.45, 7) is 1.66. The summed E-state index contributed by atoms with van der Waals surface area (Å²) >= 11 is 5.48. The van der Waals surface area contributed by atoms with Gasteiger partial charge in [-0.15, -0.1) is 0 Å². The van der Waals surface area contributed by atoms with Crippen molar-refractivity contribution < 1.29 is 4.79 Å². The zero-order valence-electron chi connectivity index (χ0n) is 10.6. The van der Waals surface area contributed by atoms with E-state index in [1.54, 1.807) is 4.90 Å². The van der Waals surface area contributed by atoms with Crippen LogP contribution in [0.3, 0.4) is 0 Å². The number of hydrogen-bond donors (Lipinski definition) is 0. The first kappa shape index (κ1) is 13.4. The molecule has 3 heteroatoms. The number of amides is 1. The summed E-state index contributed by atoms with van der Waals surface area (Å²) < 4.78 is 0. The maximum absolute atomic E-state index is 11.0. The number of piperidine rings is 1. The Hall–Kier alpha value is -1.02. The Kier molecular flexibility index (Phi) is 5.06. The Morgan fingerprint density at radius 1 is 1.22 bits per heavy atom. The van der Waals surface area contributed by atoms with E-state index in [-0.39, 0.29) is 5.37 Å². The van der Waals surface area contributed by atoms with Crippen LogP contribution in [0.5, 0.6) is 0 Å². The number of rotatable bonds is 4. The van der Waals surface area contributed by atoms with E-state index in [9.17, 15) is 4.79 Å². The fourth-order valence-electron chi connectivity index (χ4n) is 2.64. The molecule has 1 aliphatic rings. The molecule has 2 nitrogen and oxygen atoms in total. The number of halogens is 1. The van der Waals surface area contributed by atoms with E-state index in [0.717, 1.165) is 38.3 Å². The van der Waals surface area contributed by atoms with E-state index in [1.807, 2.05) is 0 Å². The average Bonchev–Trinajstić information content (AvgIpc) is 2.40. The van der Waals surface area contributed by atoms with Gasteiger partial charge in [0.05, 0.1) is 0 Å². The number of nitrogens with zero attached hydrogens (tertiary/aromatic N) is 1. The minimum absolute atomic E-state index is 0.294. The van der Waals surface area contributed by atoms with Crippen molar-refractivity contribution in [1.82, 2.24) is 4.90 Å². The fourth-order valence-corrected chi connectivity index (χ4v) is 2.81. The second kappa shape index (κ2) is 6.79. The quantitative estimate of drug-likeness (QED) is 0.593. The largest absolute Gasteiger partial charge is 0.329 e. The molecule has 0 unspecified atom stereocenters. The molecule has 2 rings (SSSR count). The van der Waals surface area contributed by atoms with Gasteiger partial charge in [0, 0.05) is 13.1 Å². The van der Waals surface area contributed by atoms with Crippen molar-refractivity contribution in [2.45, 2.75) is 32.1 Å². The SMILES string of the molecule is O=C(Cl)N1CCC(CCCc2ccccc2)CC1. The average molecular weight is 266 g/mol. The van der Waals surface area contributed by atoms with Crippen LogP contribution in [0.2, 0.25) is 0 Å². The minimum atomic E-state index is -0.294. The summed E-state index contributed by atoms with van der Waals surface area (Å²) in [5, 5.41) is -0.294. The molecule has 0 atom stereocenters. The predicted octanol–water partition coefficient (Wildman–Crippen LogP) is 4.08. The first-order valence-electron chi connectivity index (χ1n) is 6.74. The van der Waals surface area contributed by atoms with E-state index in [1.165, 1.54) is 18.4 Å². The van der Waals surface area contributed by atoms with Crippen molar-refractivity contribution in [3.8, 4) is 0 Å². The lowest BCUT2D eigenvalue weighted by molar-refractivity contribution is 0.188. The van der Waals surface area contributed by atoms with Gasteiger partial charge in [-0.25, -0.2) is 0 Å². The predicted molar refractivity (Wildman–Crippen MR) is 74.9 cm³/mol. The minimum Gasteiger partial charge on any atom is -0.329 e. The summed E-state index contributed by atoms with van der Waals surface area (Å²) in [7, 11) is 0. The second-order valence-electron chi connectivity index (χ2n) is 5.06. The van der Waals surface area contributed by atoms with Crippen molar-refractivity contribution in [1.29, 1.82) is 0 Å². The molecule has 18 heavy (non-hydrogen) atoms. The number of carbonyl (C=O) groups excluding carboxylic acids is 1. The van der Waals surface area contributed by atoms with Crippen LogP contribution in [0.15, 0.2) is 30.3 Å². The van der Waals surface area contributed by atoms with E-state index in [2.05, 4.69) is 30.3 Å². The zero-order chi connectivity index (χ0) is 12.8. The highest BCUT2D eigenvalue weighted by Gasteiger charge is 2.21. The van der Waals surface area contributed by atoms with Crippen molar-refractivity contribution in [3.63, 3.8) is 0 Å². The van der Waals surface area contributed by atoms with Crippen molar-refractivity contribution in [3.05, 3.63) is 35.9 Å². The maximum atomic E-state index is 11.0. The van der Waals surface area contributed by atoms with Gasteiger partial charge in [-0.3, -0.25) is 4.79 Å². The van der Waals surface area contributed by atoms with Crippen LogP contribution in [0, 0.1) is 5.92 Å². The highest BCUT2D eigenvalue weighted by Crippen LogP contribution is 2.23. The molecule has 1 aromatic rings. The molecular weight excluding hydrogens is 246 g/mol. The van der Waals surface area contributed by atoms with Gasteiger partial charge >= 0.3 is 5.37 Å². The van der Waals surface area contributed by atoms with Crippen LogP contribution in [0.25, 0.3) is 0 Å². The van der Waals surface area contributed by atoms with E-state index >= 15 is 0 Å². The van der Waals surface area contributed by atoms with Crippen LogP contribution in [-0.4, -0.2) is 23.4 Å². The van der Waals surface area contributed by atoms with Gasteiger partial charge in [-0.1, -0.05) is 30.3 Å². The summed E-state index contributed by atoms with van der Waals surface area (Å²) in [5.74, 6) is 0.765. The Morgan fingerprint density at radius 3 is 2.50 bits per heavy atom. The third-order valence-electron chi connectivity index (χ3n) is 3.78. The zero-order valence-corrected chi connectivity index (χ0v) is 11.4. The van der Waals surface area contributed by atoms with Gasteiger partial charge in [0.2, 0.25) is 0 Å². The molecule has 1 aromatic carbocycles. The van der Waals surface area contributed by atoms with E-state index in [0.29, 0.717) is 0 Å². The summed E-state index contributed by atoms with van der Waals surface area (Å²) in [6.07, 6.45) is 5.87. The number of hydrogen-bond acceptors (Lipinski definition) is 1. The Bertz CT molecular complexity index is 371. The Labute approximate surface area is 114 Å². The molecule has 0 aromatic heterocycles. The first-order valence-corrected chi connectivity index (χ1v) is 7.12. The second-order valence-corrected chi connectivity index (χ2v) is 5.38. The maximum Gasteiger partial charge on any atom is 0.316 e. The van der Waals surface area contributed by atoms with Gasteiger partial charge in [0.25, 0.3) is 0 Å². The van der Waals surface area contributed by atoms with Crippen molar-refractivity contribution in [2.24, 2.45) is 5.92 Å². The molecule has 1 saturated heterocycles. The summed E-state index contributed by atoms with van der Waals surface area (Å²) in [5.41, 5.74) is 1.42. The van der Waals surface area contributed by atoms with Crippen LogP contribution in [0.4, 0.5) is 4.79 Å². The molecule has 0 spiro atoms. The standard InChI is InChI=1S/C15H20ClNO/c16-15(18)17-11-9-14(10-12-17)8-4-7-13-5-2-1-3-6-13/h1-3,5-6,14H,4,7-12H2. The van der Waals surface area contributed by atoms with Gasteiger partial charge < -0.3 is 4.90 Å². The van der Waals surface area contributed by atoms with E-state index < -0.39 is 0 Å². The monoisotopic (exact) mass is 265 g/mol. The summed E-state index contributed by atoms with van der Waals surface area (Å²) in [6, 6.07) is 10.6. The van der Waals surface area contributed by atoms with Gasteiger partial charge in [0.1, 0.15) is 0 Å². The fraction of sp³-hybridized carbons (Fsp3) is 0.533. The highest BCUT2D eigenvalue weighted by molar-refractivity contribution is 6.62. The van der Waals surface area contributed by atoms with Gasteiger partial charge in [-0.2, -0.15) is 0 Å². The molecule has 1 heterocycles. The molecule has 1 fully saturated rings. The molecular formula is C15H20ClNO. The van der Waals surface area contributed by atoms with Crippen molar-refractivity contribution >= 4 is 17.0 Å². The molecule has 0 saturated carbocycles. The smallest absolute Gasteiger partial charge is 0.316 e. The topological polar surface area (TPSA) is 20.3 Å². The molecule has 0 N–H and O–H groups in total. The molecule has 0 radical (unpaired) electrons. The van der Waals surface area contributed by atoms with Crippen LogP contribution >= 0.6 is 11.6 Å². The van der Waals surface area contributed by atoms with E-state index in [4.69, 9.17) is 11.6 Å². The molecule has 0 aliphatic carbocycles. The van der Waals surface area contributed by atoms with Crippen molar-refractivity contribution in [2.75, 3.05) is 13.1 Å². The molecule has 98 valence electrons. The number of benzene rings is 1. The molecule has 1 aliphatic heterocycles. The van der Waals surface area contributed by atoms with Crippen LogP contribution < -0.4 is 0 Å². The molecule has 0 bridgehead atoms. The lowest BCUT2D eigenvalue weighted by atomic mass is 9.91. The third kappa shape index (κ3) is 4.02.